The van der Waals surface area contributed by atoms with E-state index in [1.165, 1.54) is 0 Å². The quantitative estimate of drug-likeness (QED) is 0.515. The summed E-state index contributed by atoms with van der Waals surface area (Å²) in [5, 5.41) is 0.729. The molecule has 0 radical (unpaired) electrons. The van der Waals surface area contributed by atoms with Crippen LogP contribution in [0, 0.1) is 0 Å². The zero-order valence-electron chi connectivity index (χ0n) is 17.2. The van der Waals surface area contributed by atoms with Crippen LogP contribution in [-0.2, 0) is 4.74 Å². The molecule has 0 saturated carbocycles. The Morgan fingerprint density at radius 1 is 1.27 bits per heavy atom. The lowest BCUT2D eigenvalue weighted by molar-refractivity contribution is 0.0391. The maximum absolute atomic E-state index is 13.5. The van der Waals surface area contributed by atoms with Gasteiger partial charge in [-0.15, -0.1) is 11.8 Å². The first-order valence-electron chi connectivity index (χ1n) is 9.89. The van der Waals surface area contributed by atoms with Crippen molar-refractivity contribution in [1.29, 1.82) is 0 Å². The summed E-state index contributed by atoms with van der Waals surface area (Å²) >= 11 is 3.23. The highest BCUT2D eigenvalue weighted by Crippen LogP contribution is 2.34. The molecule has 2 heterocycles. The first-order chi connectivity index (χ1) is 14.7. The molecule has 8 heteroatoms. The number of methoxy groups -OCH3 is 1. The molecular formula is C22H25N3O3S2. The number of thioether (sulfide) groups is 1. The average molecular weight is 444 g/mol. The van der Waals surface area contributed by atoms with E-state index in [0.717, 1.165) is 53.1 Å². The van der Waals surface area contributed by atoms with Gasteiger partial charge in [-0.1, -0.05) is 23.5 Å². The first-order valence-corrected chi connectivity index (χ1v) is 11.9. The molecule has 0 bridgehead atoms. The number of fused-ring (bicyclic) bond motifs is 1. The van der Waals surface area contributed by atoms with Crippen molar-refractivity contribution in [3.05, 3.63) is 48.0 Å². The minimum Gasteiger partial charge on any atom is -0.497 e. The third-order valence-electron chi connectivity index (χ3n) is 5.13. The number of para-hydroxylation sites is 1. The normalized spacial score (nSPS) is 14.7. The van der Waals surface area contributed by atoms with E-state index >= 15 is 0 Å². The predicted octanol–water partition coefficient (Wildman–Crippen LogP) is 4.01. The van der Waals surface area contributed by atoms with E-state index in [1.54, 1.807) is 41.2 Å². The smallest absolute Gasteiger partial charge is 0.260 e. The summed E-state index contributed by atoms with van der Waals surface area (Å²) in [6.45, 7) is 4.61. The van der Waals surface area contributed by atoms with Crippen LogP contribution in [0.4, 0.5) is 5.13 Å². The van der Waals surface area contributed by atoms with Crippen LogP contribution in [0.1, 0.15) is 10.4 Å². The Hall–Kier alpha value is -2.13. The van der Waals surface area contributed by atoms with Crippen molar-refractivity contribution in [2.24, 2.45) is 0 Å². The summed E-state index contributed by atoms with van der Waals surface area (Å²) < 4.78 is 11.9. The van der Waals surface area contributed by atoms with Crippen LogP contribution < -0.4 is 9.64 Å². The molecule has 4 rings (SSSR count). The number of morpholine rings is 1. The monoisotopic (exact) mass is 443 g/mol. The lowest BCUT2D eigenvalue weighted by atomic mass is 10.2. The van der Waals surface area contributed by atoms with Gasteiger partial charge in [0.25, 0.3) is 5.91 Å². The maximum atomic E-state index is 13.5. The van der Waals surface area contributed by atoms with E-state index in [0.29, 0.717) is 17.9 Å². The van der Waals surface area contributed by atoms with Crippen LogP contribution in [0.5, 0.6) is 5.75 Å². The maximum Gasteiger partial charge on any atom is 0.260 e. The molecule has 6 nitrogen and oxygen atoms in total. The Kier molecular flexibility index (Phi) is 6.89. The van der Waals surface area contributed by atoms with Crippen LogP contribution in [-0.4, -0.2) is 68.5 Å². The van der Waals surface area contributed by atoms with Crippen LogP contribution in [0.15, 0.2) is 47.4 Å². The van der Waals surface area contributed by atoms with Gasteiger partial charge in [-0.3, -0.25) is 14.6 Å². The summed E-state index contributed by atoms with van der Waals surface area (Å²) in [6, 6.07) is 13.5. The number of thiazole rings is 1. The molecule has 1 aromatic heterocycles. The van der Waals surface area contributed by atoms with Gasteiger partial charge >= 0.3 is 0 Å². The van der Waals surface area contributed by atoms with Crippen molar-refractivity contribution in [1.82, 2.24) is 9.88 Å². The van der Waals surface area contributed by atoms with Gasteiger partial charge in [-0.05, 0) is 36.6 Å². The molecule has 0 atom stereocenters. The van der Waals surface area contributed by atoms with Gasteiger partial charge in [0.05, 0.1) is 30.5 Å². The molecule has 2 aromatic carbocycles. The van der Waals surface area contributed by atoms with Gasteiger partial charge in [-0.25, -0.2) is 4.98 Å². The standard InChI is InChI=1S/C22H25N3O3S2/c1-27-17-6-3-5-16(15-17)21(26)25(10-9-24-11-13-28-14-12-24)22-23-20-18(29-2)7-4-8-19(20)30-22/h3-8,15H,9-14H2,1-2H3. The van der Waals surface area contributed by atoms with Crippen LogP contribution >= 0.6 is 23.1 Å². The molecule has 1 aliphatic heterocycles. The van der Waals surface area contributed by atoms with Crippen LogP contribution in [0.3, 0.4) is 0 Å². The topological polar surface area (TPSA) is 54.9 Å². The Morgan fingerprint density at radius 2 is 2.07 bits per heavy atom. The second kappa shape index (κ2) is 9.78. The second-order valence-corrected chi connectivity index (χ2v) is 8.80. The van der Waals surface area contributed by atoms with E-state index in [2.05, 4.69) is 17.0 Å². The van der Waals surface area contributed by atoms with Crippen molar-refractivity contribution in [2.45, 2.75) is 4.90 Å². The van der Waals surface area contributed by atoms with Crippen molar-refractivity contribution in [3.63, 3.8) is 0 Å². The zero-order chi connectivity index (χ0) is 20.9. The molecule has 158 valence electrons. The zero-order valence-corrected chi connectivity index (χ0v) is 18.8. The minimum absolute atomic E-state index is 0.0630. The highest BCUT2D eigenvalue weighted by Gasteiger charge is 2.23. The summed E-state index contributed by atoms with van der Waals surface area (Å²) in [6.07, 6.45) is 2.05. The molecule has 1 aliphatic rings. The second-order valence-electron chi connectivity index (χ2n) is 6.95. The summed E-state index contributed by atoms with van der Waals surface area (Å²) in [5.74, 6) is 0.606. The fourth-order valence-electron chi connectivity index (χ4n) is 3.45. The van der Waals surface area contributed by atoms with Crippen molar-refractivity contribution in [2.75, 3.05) is 57.7 Å². The largest absolute Gasteiger partial charge is 0.497 e. The van der Waals surface area contributed by atoms with E-state index in [9.17, 15) is 4.79 Å². The first kappa shape index (κ1) is 21.1. The molecule has 1 fully saturated rings. The van der Waals surface area contributed by atoms with Gasteiger partial charge in [-0.2, -0.15) is 0 Å². The van der Waals surface area contributed by atoms with E-state index in [1.807, 2.05) is 30.5 Å². The van der Waals surface area contributed by atoms with E-state index in [-0.39, 0.29) is 5.91 Å². The van der Waals surface area contributed by atoms with Crippen LogP contribution in [0.25, 0.3) is 10.2 Å². The van der Waals surface area contributed by atoms with Crippen LogP contribution in [0.2, 0.25) is 0 Å². The van der Waals surface area contributed by atoms with Gasteiger partial charge in [0.1, 0.15) is 5.75 Å². The fraction of sp³-hybridized carbons (Fsp3) is 0.364. The molecule has 0 spiro atoms. The highest BCUT2D eigenvalue weighted by molar-refractivity contribution is 7.98. The average Bonchev–Trinajstić information content (AvgIpc) is 3.24. The Morgan fingerprint density at radius 3 is 2.83 bits per heavy atom. The third kappa shape index (κ3) is 4.62. The van der Waals surface area contributed by atoms with Gasteiger partial charge in [0, 0.05) is 36.6 Å². The molecule has 1 saturated heterocycles. The minimum atomic E-state index is -0.0630. The molecular weight excluding hydrogens is 418 g/mol. The Bertz CT molecular complexity index is 1020. The number of hydrogen-bond donors (Lipinski definition) is 0. The van der Waals surface area contributed by atoms with Crippen molar-refractivity contribution in [3.8, 4) is 5.75 Å². The number of nitrogens with zero attached hydrogens (tertiary/aromatic N) is 3. The lowest BCUT2D eigenvalue weighted by Crippen LogP contribution is -2.43. The summed E-state index contributed by atoms with van der Waals surface area (Å²) in [4.78, 5) is 23.6. The fourth-order valence-corrected chi connectivity index (χ4v) is 5.10. The number of ether oxygens (including phenoxy) is 2. The molecule has 0 unspecified atom stereocenters. The number of carbonyl (C=O) groups excluding carboxylic acids is 1. The summed E-state index contributed by atoms with van der Waals surface area (Å²) in [7, 11) is 1.61. The van der Waals surface area contributed by atoms with Gasteiger partial charge in [0.15, 0.2) is 5.13 Å². The Labute approximate surface area is 184 Å². The SMILES string of the molecule is COc1cccc(C(=O)N(CCN2CCOCC2)c2nc3c(SC)cccc3s2)c1. The number of rotatable bonds is 7. The van der Waals surface area contributed by atoms with Crippen molar-refractivity contribution < 1.29 is 14.3 Å². The predicted molar refractivity (Wildman–Crippen MR) is 123 cm³/mol. The highest BCUT2D eigenvalue weighted by atomic mass is 32.2. The van der Waals surface area contributed by atoms with E-state index < -0.39 is 0 Å². The van der Waals surface area contributed by atoms with Gasteiger partial charge < -0.3 is 9.47 Å². The third-order valence-corrected chi connectivity index (χ3v) is 6.94. The number of anilines is 1. The molecule has 0 N–H and O–H groups in total. The van der Waals surface area contributed by atoms with E-state index in [4.69, 9.17) is 14.5 Å². The molecule has 30 heavy (non-hydrogen) atoms. The number of hydrogen-bond acceptors (Lipinski definition) is 7. The number of amides is 1. The number of carbonyl (C=O) groups is 1. The summed E-state index contributed by atoms with van der Waals surface area (Å²) in [5.41, 5.74) is 1.56. The number of benzene rings is 2. The Balaban J connectivity index is 1.66. The molecule has 1 amide bonds. The molecule has 3 aromatic rings. The van der Waals surface area contributed by atoms with Gasteiger partial charge in [0.2, 0.25) is 0 Å². The molecule has 0 aliphatic carbocycles. The van der Waals surface area contributed by atoms with Crippen molar-refractivity contribution >= 4 is 44.4 Å². The lowest BCUT2D eigenvalue weighted by Gasteiger charge is -2.29. The number of aromatic nitrogens is 1.